The summed E-state index contributed by atoms with van der Waals surface area (Å²) >= 11 is 1.90. The van der Waals surface area contributed by atoms with Crippen molar-refractivity contribution < 1.29 is 0 Å². The number of thiophene rings is 1. The molecule has 0 aliphatic rings. The predicted molar refractivity (Wildman–Crippen MR) is 78.7 cm³/mol. The second-order valence-electron chi connectivity index (χ2n) is 5.00. The lowest BCUT2D eigenvalue weighted by Gasteiger charge is -2.12. The van der Waals surface area contributed by atoms with Gasteiger partial charge in [-0.05, 0) is 32.4 Å². The summed E-state index contributed by atoms with van der Waals surface area (Å²) in [5.41, 5.74) is 0. The van der Waals surface area contributed by atoms with Crippen molar-refractivity contribution in [1.82, 2.24) is 5.32 Å². The van der Waals surface area contributed by atoms with Crippen LogP contribution in [0, 0.1) is 6.92 Å². The molecule has 0 amide bonds. The van der Waals surface area contributed by atoms with E-state index in [1.807, 2.05) is 11.3 Å². The molecule has 0 aromatic carbocycles. The summed E-state index contributed by atoms with van der Waals surface area (Å²) < 4.78 is 0. The molecular weight excluding hydrogens is 226 g/mol. The van der Waals surface area contributed by atoms with Crippen LogP contribution in [-0.2, 0) is 6.54 Å². The molecule has 1 unspecified atom stereocenters. The fourth-order valence-electron chi connectivity index (χ4n) is 2.01. The zero-order chi connectivity index (χ0) is 12.5. The van der Waals surface area contributed by atoms with E-state index in [1.165, 1.54) is 48.3 Å². The molecule has 0 radical (unpaired) electrons. The zero-order valence-electron chi connectivity index (χ0n) is 11.6. The SMILES string of the molecule is CCCCCCCC(C)NCc1ccc(C)s1. The smallest absolute Gasteiger partial charge is 0.0302 e. The fourth-order valence-corrected chi connectivity index (χ4v) is 2.85. The summed E-state index contributed by atoms with van der Waals surface area (Å²) in [4.78, 5) is 2.87. The molecule has 0 spiro atoms. The van der Waals surface area contributed by atoms with Crippen LogP contribution in [0.4, 0.5) is 0 Å². The maximum absolute atomic E-state index is 3.61. The van der Waals surface area contributed by atoms with Crippen molar-refractivity contribution in [3.8, 4) is 0 Å². The van der Waals surface area contributed by atoms with Crippen molar-refractivity contribution in [2.75, 3.05) is 0 Å². The average Bonchev–Trinajstić information content (AvgIpc) is 2.72. The number of aryl methyl sites for hydroxylation is 1. The van der Waals surface area contributed by atoms with Gasteiger partial charge >= 0.3 is 0 Å². The van der Waals surface area contributed by atoms with Crippen LogP contribution in [-0.4, -0.2) is 6.04 Å². The summed E-state index contributed by atoms with van der Waals surface area (Å²) in [7, 11) is 0. The fraction of sp³-hybridized carbons (Fsp3) is 0.733. The summed E-state index contributed by atoms with van der Waals surface area (Å²) in [6, 6.07) is 5.09. The molecule has 1 aromatic rings. The molecule has 1 rings (SSSR count). The monoisotopic (exact) mass is 253 g/mol. The summed E-state index contributed by atoms with van der Waals surface area (Å²) in [6.07, 6.45) is 8.23. The second-order valence-corrected chi connectivity index (χ2v) is 6.37. The van der Waals surface area contributed by atoms with E-state index in [-0.39, 0.29) is 0 Å². The molecule has 17 heavy (non-hydrogen) atoms. The Labute approximate surface area is 111 Å². The largest absolute Gasteiger partial charge is 0.309 e. The molecule has 0 aliphatic carbocycles. The zero-order valence-corrected chi connectivity index (χ0v) is 12.4. The first-order chi connectivity index (χ1) is 8.22. The molecule has 0 aliphatic heterocycles. The molecule has 1 atom stereocenters. The molecule has 98 valence electrons. The van der Waals surface area contributed by atoms with Crippen molar-refractivity contribution in [3.63, 3.8) is 0 Å². The van der Waals surface area contributed by atoms with Crippen molar-refractivity contribution in [3.05, 3.63) is 21.9 Å². The van der Waals surface area contributed by atoms with Crippen LogP contribution < -0.4 is 5.32 Å². The highest BCUT2D eigenvalue weighted by atomic mass is 32.1. The lowest BCUT2D eigenvalue weighted by atomic mass is 10.1. The first kappa shape index (κ1) is 14.7. The Kier molecular flexibility index (Phi) is 7.54. The Bertz CT molecular complexity index is 293. The topological polar surface area (TPSA) is 12.0 Å². The summed E-state index contributed by atoms with van der Waals surface area (Å²) in [6.45, 7) is 7.79. The predicted octanol–water partition coefficient (Wildman–Crippen LogP) is 4.90. The van der Waals surface area contributed by atoms with E-state index < -0.39 is 0 Å². The van der Waals surface area contributed by atoms with Crippen LogP contribution in [0.25, 0.3) is 0 Å². The van der Waals surface area contributed by atoms with Crippen molar-refractivity contribution >= 4 is 11.3 Å². The van der Waals surface area contributed by atoms with Gasteiger partial charge < -0.3 is 5.32 Å². The number of rotatable bonds is 9. The number of nitrogens with one attached hydrogen (secondary N) is 1. The second kappa shape index (κ2) is 8.71. The molecule has 1 heterocycles. The van der Waals surface area contributed by atoms with Gasteiger partial charge in [0.1, 0.15) is 0 Å². The minimum atomic E-state index is 0.652. The number of hydrogen-bond donors (Lipinski definition) is 1. The highest BCUT2D eigenvalue weighted by Gasteiger charge is 2.02. The molecule has 0 bridgehead atoms. The normalized spacial score (nSPS) is 12.9. The first-order valence-electron chi connectivity index (χ1n) is 7.01. The molecule has 0 fully saturated rings. The third kappa shape index (κ3) is 6.85. The molecule has 1 N–H and O–H groups in total. The van der Waals surface area contributed by atoms with Crippen LogP contribution in [0.2, 0.25) is 0 Å². The van der Waals surface area contributed by atoms with E-state index in [0.29, 0.717) is 6.04 Å². The maximum Gasteiger partial charge on any atom is 0.0302 e. The number of unbranched alkanes of at least 4 members (excludes halogenated alkanes) is 4. The van der Waals surface area contributed by atoms with Gasteiger partial charge in [0.15, 0.2) is 0 Å². The van der Waals surface area contributed by atoms with E-state index in [1.54, 1.807) is 0 Å². The van der Waals surface area contributed by atoms with Crippen molar-refractivity contribution in [2.24, 2.45) is 0 Å². The van der Waals surface area contributed by atoms with Crippen molar-refractivity contribution in [2.45, 2.75) is 71.9 Å². The van der Waals surface area contributed by atoms with Crippen LogP contribution >= 0.6 is 11.3 Å². The molecule has 2 heteroatoms. The Morgan fingerprint density at radius 2 is 1.94 bits per heavy atom. The minimum absolute atomic E-state index is 0.652. The quantitative estimate of drug-likeness (QED) is 0.618. The van der Waals surface area contributed by atoms with Crippen LogP contribution in [0.5, 0.6) is 0 Å². The minimum Gasteiger partial charge on any atom is -0.309 e. The molecule has 1 aromatic heterocycles. The lowest BCUT2D eigenvalue weighted by molar-refractivity contribution is 0.481. The summed E-state index contributed by atoms with van der Waals surface area (Å²) in [5.74, 6) is 0. The number of hydrogen-bond acceptors (Lipinski definition) is 2. The van der Waals surface area contributed by atoms with E-state index in [0.717, 1.165) is 6.54 Å². The van der Waals surface area contributed by atoms with Gasteiger partial charge in [-0.1, -0.05) is 39.0 Å². The van der Waals surface area contributed by atoms with E-state index in [9.17, 15) is 0 Å². The van der Waals surface area contributed by atoms with E-state index in [4.69, 9.17) is 0 Å². The van der Waals surface area contributed by atoms with Gasteiger partial charge in [0.05, 0.1) is 0 Å². The van der Waals surface area contributed by atoms with Crippen LogP contribution in [0.1, 0.15) is 62.1 Å². The van der Waals surface area contributed by atoms with Gasteiger partial charge in [0.2, 0.25) is 0 Å². The van der Waals surface area contributed by atoms with Gasteiger partial charge in [-0.15, -0.1) is 11.3 Å². The molecular formula is C15H27NS. The average molecular weight is 253 g/mol. The van der Waals surface area contributed by atoms with Crippen LogP contribution in [0.15, 0.2) is 12.1 Å². The van der Waals surface area contributed by atoms with E-state index >= 15 is 0 Å². The third-order valence-corrected chi connectivity index (χ3v) is 4.16. The van der Waals surface area contributed by atoms with Gasteiger partial charge in [-0.3, -0.25) is 0 Å². The maximum atomic E-state index is 3.61. The Balaban J connectivity index is 2.03. The van der Waals surface area contributed by atoms with E-state index in [2.05, 4.69) is 38.2 Å². The van der Waals surface area contributed by atoms with Crippen molar-refractivity contribution in [1.29, 1.82) is 0 Å². The highest BCUT2D eigenvalue weighted by Crippen LogP contribution is 2.15. The van der Waals surface area contributed by atoms with Gasteiger partial charge in [0, 0.05) is 22.3 Å². The Hall–Kier alpha value is -0.340. The standard InChI is InChI=1S/C15H27NS/c1-4-5-6-7-8-9-13(2)16-12-15-11-10-14(3)17-15/h10-11,13,16H,4-9,12H2,1-3H3. The molecule has 0 saturated carbocycles. The molecule has 1 nitrogen and oxygen atoms in total. The Morgan fingerprint density at radius 1 is 1.18 bits per heavy atom. The van der Waals surface area contributed by atoms with Crippen LogP contribution in [0.3, 0.4) is 0 Å². The van der Waals surface area contributed by atoms with Gasteiger partial charge in [-0.25, -0.2) is 0 Å². The first-order valence-corrected chi connectivity index (χ1v) is 7.82. The van der Waals surface area contributed by atoms with Gasteiger partial charge in [0.25, 0.3) is 0 Å². The highest BCUT2D eigenvalue weighted by molar-refractivity contribution is 7.11. The van der Waals surface area contributed by atoms with Gasteiger partial charge in [-0.2, -0.15) is 0 Å². The summed E-state index contributed by atoms with van der Waals surface area (Å²) in [5, 5.41) is 3.61. The lowest BCUT2D eigenvalue weighted by Crippen LogP contribution is -2.24. The third-order valence-electron chi connectivity index (χ3n) is 3.16. The molecule has 0 saturated heterocycles. The Morgan fingerprint density at radius 3 is 2.59 bits per heavy atom.